The predicted molar refractivity (Wildman–Crippen MR) is 71.5 cm³/mol. The molecule has 0 aromatic heterocycles. The molecule has 2 heteroatoms. The summed E-state index contributed by atoms with van der Waals surface area (Å²) in [4.78, 5) is 0. The van der Waals surface area contributed by atoms with E-state index in [4.69, 9.17) is 16.3 Å². The molecular formula is C15H17ClO. The van der Waals surface area contributed by atoms with Gasteiger partial charge in [-0.15, -0.1) is 11.6 Å². The normalized spacial score (nSPS) is 16.1. The highest BCUT2D eigenvalue weighted by Gasteiger charge is 2.14. The summed E-state index contributed by atoms with van der Waals surface area (Å²) in [6.45, 7) is 0. The van der Waals surface area contributed by atoms with Crippen molar-refractivity contribution < 1.29 is 4.74 Å². The molecule has 1 saturated carbocycles. The van der Waals surface area contributed by atoms with Crippen molar-refractivity contribution in [3.8, 4) is 17.6 Å². The van der Waals surface area contributed by atoms with Crippen LogP contribution >= 0.6 is 11.6 Å². The van der Waals surface area contributed by atoms with Gasteiger partial charge in [0.2, 0.25) is 0 Å². The van der Waals surface area contributed by atoms with Crippen molar-refractivity contribution >= 4 is 11.6 Å². The van der Waals surface area contributed by atoms with E-state index in [0.29, 0.717) is 12.0 Å². The van der Waals surface area contributed by atoms with Gasteiger partial charge in [-0.05, 0) is 49.9 Å². The Kier molecular flexibility index (Phi) is 4.76. The Morgan fingerprint density at radius 1 is 1.12 bits per heavy atom. The van der Waals surface area contributed by atoms with E-state index < -0.39 is 0 Å². The Labute approximate surface area is 108 Å². The summed E-state index contributed by atoms with van der Waals surface area (Å²) in [6.07, 6.45) is 6.73. The van der Waals surface area contributed by atoms with Gasteiger partial charge in [-0.1, -0.05) is 18.3 Å². The molecule has 0 bridgehead atoms. The zero-order valence-corrected chi connectivity index (χ0v) is 10.7. The highest BCUT2D eigenvalue weighted by molar-refractivity contribution is 6.19. The van der Waals surface area contributed by atoms with E-state index in [1.807, 2.05) is 24.3 Å². The van der Waals surface area contributed by atoms with Crippen LogP contribution in [0.4, 0.5) is 0 Å². The summed E-state index contributed by atoms with van der Waals surface area (Å²) in [5, 5.41) is 0. The Hall–Kier alpha value is -1.13. The third-order valence-corrected chi connectivity index (χ3v) is 3.14. The van der Waals surface area contributed by atoms with Gasteiger partial charge in [0, 0.05) is 5.56 Å². The number of rotatable bonds is 2. The third-order valence-electron chi connectivity index (χ3n) is 3.01. The topological polar surface area (TPSA) is 9.23 Å². The second kappa shape index (κ2) is 6.57. The molecule has 0 atom stereocenters. The molecule has 2 rings (SSSR count). The SMILES string of the molecule is ClCC#Cc1ccc(OC2CCCCC2)cc1. The molecule has 1 aromatic rings. The lowest BCUT2D eigenvalue weighted by molar-refractivity contribution is 0.155. The van der Waals surface area contributed by atoms with E-state index in [9.17, 15) is 0 Å². The van der Waals surface area contributed by atoms with Gasteiger partial charge in [0.15, 0.2) is 0 Å². The molecule has 0 radical (unpaired) electrons. The van der Waals surface area contributed by atoms with E-state index in [1.165, 1.54) is 32.1 Å². The zero-order chi connectivity index (χ0) is 11.9. The Balaban J connectivity index is 1.93. The van der Waals surface area contributed by atoms with Crippen molar-refractivity contribution in [3.05, 3.63) is 29.8 Å². The first-order chi connectivity index (χ1) is 8.38. The van der Waals surface area contributed by atoms with Gasteiger partial charge in [0.05, 0.1) is 12.0 Å². The maximum absolute atomic E-state index is 5.94. The van der Waals surface area contributed by atoms with Crippen molar-refractivity contribution in [2.75, 3.05) is 5.88 Å². The van der Waals surface area contributed by atoms with Crippen LogP contribution in [0, 0.1) is 11.8 Å². The standard InChI is InChI=1S/C15H17ClO/c16-12-4-5-13-8-10-15(11-9-13)17-14-6-2-1-3-7-14/h8-11,14H,1-3,6-7,12H2. The van der Waals surface area contributed by atoms with Crippen molar-refractivity contribution in [1.29, 1.82) is 0 Å². The molecule has 0 heterocycles. The number of hydrogen-bond donors (Lipinski definition) is 0. The highest BCUT2D eigenvalue weighted by Crippen LogP contribution is 2.23. The average molecular weight is 249 g/mol. The summed E-state index contributed by atoms with van der Waals surface area (Å²) in [5.41, 5.74) is 0.988. The van der Waals surface area contributed by atoms with E-state index >= 15 is 0 Å². The lowest BCUT2D eigenvalue weighted by atomic mass is 9.98. The monoisotopic (exact) mass is 248 g/mol. The number of alkyl halides is 1. The van der Waals surface area contributed by atoms with Crippen LogP contribution in [0.25, 0.3) is 0 Å². The van der Waals surface area contributed by atoms with E-state index in [2.05, 4.69) is 11.8 Å². The van der Waals surface area contributed by atoms with Gasteiger partial charge >= 0.3 is 0 Å². The second-order valence-electron chi connectivity index (χ2n) is 4.34. The molecule has 1 aliphatic rings. The molecule has 0 amide bonds. The molecular weight excluding hydrogens is 232 g/mol. The van der Waals surface area contributed by atoms with Crippen LogP contribution in [-0.4, -0.2) is 12.0 Å². The first kappa shape index (κ1) is 12.3. The second-order valence-corrected chi connectivity index (χ2v) is 4.60. The summed E-state index contributed by atoms with van der Waals surface area (Å²) in [6, 6.07) is 7.95. The highest BCUT2D eigenvalue weighted by atomic mass is 35.5. The molecule has 0 aliphatic heterocycles. The Morgan fingerprint density at radius 3 is 2.47 bits per heavy atom. The number of hydrogen-bond acceptors (Lipinski definition) is 1. The molecule has 1 aromatic carbocycles. The van der Waals surface area contributed by atoms with Gasteiger partial charge in [-0.25, -0.2) is 0 Å². The number of halogens is 1. The van der Waals surface area contributed by atoms with Crippen LogP contribution < -0.4 is 4.74 Å². The van der Waals surface area contributed by atoms with E-state index in [-0.39, 0.29) is 0 Å². The van der Waals surface area contributed by atoms with E-state index in [1.54, 1.807) is 0 Å². The van der Waals surface area contributed by atoms with Gasteiger partial charge in [0.1, 0.15) is 5.75 Å². The maximum Gasteiger partial charge on any atom is 0.119 e. The molecule has 0 unspecified atom stereocenters. The van der Waals surface area contributed by atoms with Crippen LogP contribution in [0.15, 0.2) is 24.3 Å². The quantitative estimate of drug-likeness (QED) is 0.568. The maximum atomic E-state index is 5.94. The molecule has 1 fully saturated rings. The summed E-state index contributed by atoms with van der Waals surface area (Å²) in [5.74, 6) is 7.16. The fourth-order valence-corrected chi connectivity index (χ4v) is 2.19. The lowest BCUT2D eigenvalue weighted by Crippen LogP contribution is -2.19. The van der Waals surface area contributed by atoms with Crippen LogP contribution in [0.3, 0.4) is 0 Å². The molecule has 17 heavy (non-hydrogen) atoms. The largest absolute Gasteiger partial charge is 0.490 e. The molecule has 0 spiro atoms. The van der Waals surface area contributed by atoms with Crippen molar-refractivity contribution in [2.24, 2.45) is 0 Å². The molecule has 90 valence electrons. The van der Waals surface area contributed by atoms with Crippen molar-refractivity contribution in [3.63, 3.8) is 0 Å². The molecule has 0 N–H and O–H groups in total. The number of ether oxygens (including phenoxy) is 1. The van der Waals surface area contributed by atoms with E-state index in [0.717, 1.165) is 11.3 Å². The summed E-state index contributed by atoms with van der Waals surface area (Å²) in [7, 11) is 0. The fourth-order valence-electron chi connectivity index (χ4n) is 2.13. The van der Waals surface area contributed by atoms with Crippen molar-refractivity contribution in [2.45, 2.75) is 38.2 Å². The minimum absolute atomic E-state index is 0.375. The fraction of sp³-hybridized carbons (Fsp3) is 0.467. The Bertz CT molecular complexity index is 393. The van der Waals surface area contributed by atoms with Crippen LogP contribution in [0.1, 0.15) is 37.7 Å². The smallest absolute Gasteiger partial charge is 0.119 e. The molecule has 1 aliphatic carbocycles. The third kappa shape index (κ3) is 3.98. The van der Waals surface area contributed by atoms with Crippen LogP contribution in [0.5, 0.6) is 5.75 Å². The lowest BCUT2D eigenvalue weighted by Gasteiger charge is -2.22. The predicted octanol–water partition coefficient (Wildman–Crippen LogP) is 3.99. The van der Waals surface area contributed by atoms with Gasteiger partial charge in [-0.2, -0.15) is 0 Å². The molecule has 0 saturated heterocycles. The van der Waals surface area contributed by atoms with Crippen molar-refractivity contribution in [1.82, 2.24) is 0 Å². The van der Waals surface area contributed by atoms with Gasteiger partial charge in [-0.3, -0.25) is 0 Å². The first-order valence-electron chi connectivity index (χ1n) is 6.20. The average Bonchev–Trinajstić information content (AvgIpc) is 2.39. The first-order valence-corrected chi connectivity index (χ1v) is 6.73. The zero-order valence-electron chi connectivity index (χ0n) is 9.92. The van der Waals surface area contributed by atoms with Gasteiger partial charge < -0.3 is 4.74 Å². The van der Waals surface area contributed by atoms with Crippen LogP contribution in [0.2, 0.25) is 0 Å². The molecule has 1 nitrogen and oxygen atoms in total. The van der Waals surface area contributed by atoms with Crippen LogP contribution in [-0.2, 0) is 0 Å². The minimum Gasteiger partial charge on any atom is -0.490 e. The van der Waals surface area contributed by atoms with Gasteiger partial charge in [0.25, 0.3) is 0 Å². The summed E-state index contributed by atoms with van der Waals surface area (Å²) < 4.78 is 5.94. The number of benzene rings is 1. The minimum atomic E-state index is 0.375. The summed E-state index contributed by atoms with van der Waals surface area (Å²) >= 11 is 5.51. The Morgan fingerprint density at radius 2 is 1.82 bits per heavy atom.